The van der Waals surface area contributed by atoms with Crippen molar-refractivity contribution in [2.24, 2.45) is 0 Å². The van der Waals surface area contributed by atoms with Crippen LogP contribution in [0.15, 0.2) is 36.7 Å². The van der Waals surface area contributed by atoms with E-state index in [-0.39, 0.29) is 6.61 Å². The summed E-state index contributed by atoms with van der Waals surface area (Å²) < 4.78 is 19.1. The highest BCUT2D eigenvalue weighted by Gasteiger charge is 2.18. The van der Waals surface area contributed by atoms with Crippen molar-refractivity contribution in [1.29, 1.82) is 0 Å². The third-order valence-electron chi connectivity index (χ3n) is 4.51. The van der Waals surface area contributed by atoms with Gasteiger partial charge in [-0.3, -0.25) is 0 Å². The first-order valence-corrected chi connectivity index (χ1v) is 8.75. The van der Waals surface area contributed by atoms with Crippen LogP contribution in [0.5, 0.6) is 5.88 Å². The number of hydrogen-bond acceptors (Lipinski definition) is 5. The summed E-state index contributed by atoms with van der Waals surface area (Å²) in [6.07, 6.45) is 7.89. The van der Waals surface area contributed by atoms with Crippen molar-refractivity contribution in [2.75, 3.05) is 0 Å². The Balaban J connectivity index is 1.67. The molecule has 0 fully saturated rings. The van der Waals surface area contributed by atoms with Crippen molar-refractivity contribution < 1.29 is 9.13 Å². The van der Waals surface area contributed by atoms with Gasteiger partial charge in [0.1, 0.15) is 12.4 Å². The van der Waals surface area contributed by atoms with Gasteiger partial charge in [-0.2, -0.15) is 4.39 Å². The van der Waals surface area contributed by atoms with E-state index >= 15 is 0 Å². The molecule has 0 atom stereocenters. The maximum absolute atomic E-state index is 13.2. The van der Waals surface area contributed by atoms with Crippen molar-refractivity contribution in [3.63, 3.8) is 0 Å². The highest BCUT2D eigenvalue weighted by molar-refractivity contribution is 5.68. The maximum Gasteiger partial charge on any atom is 0.214 e. The number of fused-ring (bicyclic) bond motifs is 1. The van der Waals surface area contributed by atoms with Gasteiger partial charge in [0.2, 0.25) is 11.8 Å². The molecule has 0 aliphatic heterocycles. The second-order valence-corrected chi connectivity index (χ2v) is 6.40. The second-order valence-electron chi connectivity index (χ2n) is 6.40. The molecular weight excluding hydrogens is 331 g/mol. The fourth-order valence-corrected chi connectivity index (χ4v) is 3.22. The fourth-order valence-electron chi connectivity index (χ4n) is 3.22. The predicted molar refractivity (Wildman–Crippen MR) is 95.2 cm³/mol. The molecule has 0 bridgehead atoms. The molecule has 3 heterocycles. The molecule has 132 valence electrons. The average Bonchev–Trinajstić information content (AvgIpc) is 2.66. The van der Waals surface area contributed by atoms with Crippen LogP contribution in [-0.2, 0) is 19.4 Å². The molecule has 1 aliphatic rings. The first-order chi connectivity index (χ1) is 12.7. The number of halogens is 1. The third-order valence-corrected chi connectivity index (χ3v) is 4.51. The SMILES string of the molecule is Cc1ncc(-c2cc(OCc3cccc(F)n3)nc3c2CCCC3)cn1. The standard InChI is InChI=1S/C20H19FN4O/c1-13-22-10-14(11-23-13)17-9-20(25-18-7-3-2-6-16(17)18)26-12-15-5-4-8-19(21)24-15/h4-5,8-11H,2-3,6-7,12H2,1H3. The summed E-state index contributed by atoms with van der Waals surface area (Å²) in [4.78, 5) is 17.1. The summed E-state index contributed by atoms with van der Waals surface area (Å²) in [7, 11) is 0. The van der Waals surface area contributed by atoms with Gasteiger partial charge >= 0.3 is 0 Å². The molecule has 3 aromatic heterocycles. The van der Waals surface area contributed by atoms with Gasteiger partial charge in [0.15, 0.2) is 0 Å². The first kappa shape index (κ1) is 16.6. The second kappa shape index (κ2) is 7.15. The molecule has 3 aromatic rings. The molecule has 0 N–H and O–H groups in total. The Hall–Kier alpha value is -2.89. The van der Waals surface area contributed by atoms with Gasteiger partial charge in [0.25, 0.3) is 0 Å². The zero-order chi connectivity index (χ0) is 17.9. The number of hydrogen-bond donors (Lipinski definition) is 0. The fraction of sp³-hybridized carbons (Fsp3) is 0.300. The highest BCUT2D eigenvalue weighted by atomic mass is 19.1. The van der Waals surface area contributed by atoms with Crippen LogP contribution >= 0.6 is 0 Å². The Kier molecular flexibility index (Phi) is 4.56. The lowest BCUT2D eigenvalue weighted by molar-refractivity contribution is 0.286. The van der Waals surface area contributed by atoms with Gasteiger partial charge < -0.3 is 4.74 Å². The minimum atomic E-state index is -0.512. The van der Waals surface area contributed by atoms with Crippen molar-refractivity contribution in [2.45, 2.75) is 39.2 Å². The van der Waals surface area contributed by atoms with Crippen LogP contribution in [0.3, 0.4) is 0 Å². The summed E-state index contributed by atoms with van der Waals surface area (Å²) in [5, 5.41) is 0. The number of aryl methyl sites for hydroxylation is 2. The molecular formula is C20H19FN4O. The van der Waals surface area contributed by atoms with E-state index in [0.717, 1.165) is 48.3 Å². The minimum absolute atomic E-state index is 0.174. The normalized spacial score (nSPS) is 13.3. The third kappa shape index (κ3) is 3.54. The Bertz CT molecular complexity index is 928. The summed E-state index contributed by atoms with van der Waals surface area (Å²) >= 11 is 0. The summed E-state index contributed by atoms with van der Waals surface area (Å²) in [5.74, 6) is 0.750. The Morgan fingerprint density at radius 2 is 1.88 bits per heavy atom. The largest absolute Gasteiger partial charge is 0.471 e. The van der Waals surface area contributed by atoms with E-state index in [1.165, 1.54) is 11.6 Å². The molecule has 0 aromatic carbocycles. The van der Waals surface area contributed by atoms with E-state index in [9.17, 15) is 4.39 Å². The van der Waals surface area contributed by atoms with E-state index in [2.05, 4.69) is 19.9 Å². The van der Waals surface area contributed by atoms with Gasteiger partial charge in [0.05, 0.1) is 5.69 Å². The highest BCUT2D eigenvalue weighted by Crippen LogP contribution is 2.33. The summed E-state index contributed by atoms with van der Waals surface area (Å²) in [6.45, 7) is 2.04. The monoisotopic (exact) mass is 350 g/mol. The molecule has 0 unspecified atom stereocenters. The quantitative estimate of drug-likeness (QED) is 0.669. The molecule has 0 amide bonds. The smallest absolute Gasteiger partial charge is 0.214 e. The van der Waals surface area contributed by atoms with Gasteiger partial charge in [0, 0.05) is 29.7 Å². The number of nitrogens with zero attached hydrogens (tertiary/aromatic N) is 4. The van der Waals surface area contributed by atoms with E-state index in [1.807, 2.05) is 25.4 Å². The van der Waals surface area contributed by atoms with Crippen LogP contribution in [0.4, 0.5) is 4.39 Å². The number of pyridine rings is 2. The van der Waals surface area contributed by atoms with E-state index in [1.54, 1.807) is 12.1 Å². The lowest BCUT2D eigenvalue weighted by Crippen LogP contribution is -2.10. The predicted octanol–water partition coefficient (Wildman–Crippen LogP) is 3.84. The van der Waals surface area contributed by atoms with E-state index in [0.29, 0.717) is 11.6 Å². The van der Waals surface area contributed by atoms with Gasteiger partial charge in [-0.1, -0.05) is 6.07 Å². The lowest BCUT2D eigenvalue weighted by Gasteiger charge is -2.20. The van der Waals surface area contributed by atoms with Gasteiger partial charge in [-0.15, -0.1) is 0 Å². The van der Waals surface area contributed by atoms with Crippen LogP contribution in [0, 0.1) is 12.9 Å². The van der Waals surface area contributed by atoms with Crippen molar-refractivity contribution in [3.05, 3.63) is 65.4 Å². The Labute approximate surface area is 151 Å². The maximum atomic E-state index is 13.2. The Morgan fingerprint density at radius 1 is 1.08 bits per heavy atom. The zero-order valence-electron chi connectivity index (χ0n) is 14.6. The summed E-state index contributed by atoms with van der Waals surface area (Å²) in [6, 6.07) is 6.60. The van der Waals surface area contributed by atoms with Crippen LogP contribution in [-0.4, -0.2) is 19.9 Å². The molecule has 4 rings (SSSR count). The Morgan fingerprint density at radius 3 is 2.69 bits per heavy atom. The zero-order valence-corrected chi connectivity index (χ0v) is 14.6. The molecule has 1 aliphatic carbocycles. The van der Waals surface area contributed by atoms with Crippen LogP contribution in [0.1, 0.15) is 35.6 Å². The molecule has 0 saturated heterocycles. The van der Waals surface area contributed by atoms with Crippen molar-refractivity contribution >= 4 is 0 Å². The first-order valence-electron chi connectivity index (χ1n) is 8.75. The van der Waals surface area contributed by atoms with Crippen LogP contribution in [0.25, 0.3) is 11.1 Å². The van der Waals surface area contributed by atoms with E-state index < -0.39 is 5.95 Å². The summed E-state index contributed by atoms with van der Waals surface area (Å²) in [5.41, 5.74) is 4.88. The topological polar surface area (TPSA) is 60.8 Å². The lowest BCUT2D eigenvalue weighted by atomic mass is 9.90. The van der Waals surface area contributed by atoms with Gasteiger partial charge in [-0.25, -0.2) is 19.9 Å². The molecule has 0 radical (unpaired) electrons. The van der Waals surface area contributed by atoms with E-state index in [4.69, 9.17) is 4.74 Å². The van der Waals surface area contributed by atoms with Gasteiger partial charge in [-0.05, 0) is 55.9 Å². The van der Waals surface area contributed by atoms with Crippen LogP contribution in [0.2, 0.25) is 0 Å². The minimum Gasteiger partial charge on any atom is -0.471 e. The number of rotatable bonds is 4. The molecule has 6 heteroatoms. The molecule has 0 spiro atoms. The molecule has 5 nitrogen and oxygen atoms in total. The average molecular weight is 350 g/mol. The van der Waals surface area contributed by atoms with Crippen molar-refractivity contribution in [1.82, 2.24) is 19.9 Å². The number of aromatic nitrogens is 4. The molecule has 26 heavy (non-hydrogen) atoms. The molecule has 0 saturated carbocycles. The van der Waals surface area contributed by atoms with Crippen LogP contribution < -0.4 is 4.74 Å². The van der Waals surface area contributed by atoms with Crippen molar-refractivity contribution in [3.8, 4) is 17.0 Å². The number of ether oxygens (including phenoxy) is 1.